The van der Waals surface area contributed by atoms with Gasteiger partial charge in [-0.05, 0) is 19.3 Å². The smallest absolute Gasteiger partial charge is 0.204 e. The molecule has 0 saturated heterocycles. The van der Waals surface area contributed by atoms with Crippen molar-refractivity contribution in [3.63, 3.8) is 0 Å². The predicted octanol–water partition coefficient (Wildman–Crippen LogP) is 1.74. The first-order valence-electron chi connectivity index (χ1n) is 6.64. The Kier molecular flexibility index (Phi) is 6.35. The first-order valence-corrected chi connectivity index (χ1v) is 6.64. The minimum absolute atomic E-state index is 0.142. The van der Waals surface area contributed by atoms with Gasteiger partial charge >= 0.3 is 0 Å². The number of nitrogens with one attached hydrogen (secondary N) is 2. The Morgan fingerprint density at radius 3 is 2.53 bits per heavy atom. The summed E-state index contributed by atoms with van der Waals surface area (Å²) in [4.78, 5) is 8.39. The van der Waals surface area contributed by atoms with Crippen LogP contribution in [0, 0.1) is 5.92 Å². The maximum Gasteiger partial charge on any atom is 0.204 e. The quantitative estimate of drug-likeness (QED) is 0.666. The highest BCUT2D eigenvalue weighted by Crippen LogP contribution is 2.30. The van der Waals surface area contributed by atoms with E-state index in [4.69, 9.17) is 9.84 Å². The molecule has 0 aliphatic rings. The van der Waals surface area contributed by atoms with Gasteiger partial charge in [-0.3, -0.25) is 0 Å². The van der Waals surface area contributed by atoms with Crippen LogP contribution in [0.1, 0.15) is 27.2 Å². The highest BCUT2D eigenvalue weighted by molar-refractivity contribution is 5.63. The molecule has 6 nitrogen and oxygen atoms in total. The molecule has 19 heavy (non-hydrogen) atoms. The van der Waals surface area contributed by atoms with Crippen molar-refractivity contribution in [3.05, 3.63) is 6.33 Å². The first kappa shape index (κ1) is 15.5. The Bertz CT molecular complexity index is 385. The number of aliphatic hydroxyl groups excluding tert-OH is 1. The lowest BCUT2D eigenvalue weighted by Gasteiger charge is -2.23. The van der Waals surface area contributed by atoms with Crippen LogP contribution in [0.2, 0.25) is 0 Å². The molecule has 0 radical (unpaired) electrons. The maximum absolute atomic E-state index is 9.11. The van der Waals surface area contributed by atoms with Gasteiger partial charge in [-0.15, -0.1) is 0 Å². The van der Waals surface area contributed by atoms with E-state index in [1.807, 2.05) is 6.92 Å². The highest BCUT2D eigenvalue weighted by atomic mass is 16.5. The van der Waals surface area contributed by atoms with Crippen LogP contribution in [-0.4, -0.2) is 41.4 Å². The molecule has 0 aromatic carbocycles. The number of hydrogen-bond donors (Lipinski definition) is 3. The summed E-state index contributed by atoms with van der Waals surface area (Å²) in [5, 5.41) is 15.6. The van der Waals surface area contributed by atoms with Gasteiger partial charge in [-0.1, -0.05) is 13.8 Å². The number of aliphatic hydroxyl groups is 1. The number of aromatic nitrogens is 2. The standard InChI is InChI=1S/C13H24N4O2/c1-5-14-12-11(19-4)13(16-8-15-12)17-10(6-7-18)9(2)3/h8-10,18H,5-7H2,1-4H3,(H2,14,15,16,17). The van der Waals surface area contributed by atoms with E-state index in [-0.39, 0.29) is 12.6 Å². The molecule has 6 heteroatoms. The molecule has 0 bridgehead atoms. The number of anilines is 2. The van der Waals surface area contributed by atoms with Crippen LogP contribution in [0.5, 0.6) is 5.75 Å². The average Bonchev–Trinajstić information content (AvgIpc) is 2.38. The van der Waals surface area contributed by atoms with Crippen molar-refractivity contribution in [2.45, 2.75) is 33.2 Å². The van der Waals surface area contributed by atoms with Crippen molar-refractivity contribution >= 4 is 11.6 Å². The van der Waals surface area contributed by atoms with E-state index in [0.717, 1.165) is 6.54 Å². The summed E-state index contributed by atoms with van der Waals surface area (Å²) in [6.07, 6.45) is 2.17. The van der Waals surface area contributed by atoms with Crippen LogP contribution < -0.4 is 15.4 Å². The third-order valence-corrected chi connectivity index (χ3v) is 2.92. The highest BCUT2D eigenvalue weighted by Gasteiger charge is 2.18. The molecule has 1 unspecified atom stereocenters. The molecule has 1 heterocycles. The Morgan fingerprint density at radius 2 is 2.00 bits per heavy atom. The lowest BCUT2D eigenvalue weighted by molar-refractivity contribution is 0.267. The molecule has 108 valence electrons. The van der Waals surface area contributed by atoms with Gasteiger partial charge in [-0.25, -0.2) is 9.97 Å². The molecule has 0 fully saturated rings. The van der Waals surface area contributed by atoms with Crippen LogP contribution >= 0.6 is 0 Å². The van der Waals surface area contributed by atoms with E-state index >= 15 is 0 Å². The van der Waals surface area contributed by atoms with E-state index in [1.165, 1.54) is 6.33 Å². The van der Waals surface area contributed by atoms with Crippen molar-refractivity contribution in [1.29, 1.82) is 0 Å². The van der Waals surface area contributed by atoms with Crippen molar-refractivity contribution in [2.24, 2.45) is 5.92 Å². The third-order valence-electron chi connectivity index (χ3n) is 2.92. The Balaban J connectivity index is 2.95. The maximum atomic E-state index is 9.11. The average molecular weight is 268 g/mol. The molecule has 0 amide bonds. The molecule has 1 atom stereocenters. The van der Waals surface area contributed by atoms with Crippen molar-refractivity contribution in [2.75, 3.05) is 30.9 Å². The van der Waals surface area contributed by atoms with Gasteiger partial charge < -0.3 is 20.5 Å². The summed E-state index contributed by atoms with van der Waals surface area (Å²) in [5.74, 6) is 2.32. The zero-order valence-electron chi connectivity index (χ0n) is 12.1. The normalized spacial score (nSPS) is 12.3. The second kappa shape index (κ2) is 7.78. The summed E-state index contributed by atoms with van der Waals surface area (Å²) >= 11 is 0. The molecule has 3 N–H and O–H groups in total. The molecule has 0 aliphatic carbocycles. The summed E-state index contributed by atoms with van der Waals surface area (Å²) in [7, 11) is 1.60. The van der Waals surface area contributed by atoms with Gasteiger partial charge in [0.25, 0.3) is 0 Å². The second-order valence-corrected chi connectivity index (χ2v) is 4.64. The fraction of sp³-hybridized carbons (Fsp3) is 0.692. The van der Waals surface area contributed by atoms with E-state index < -0.39 is 0 Å². The monoisotopic (exact) mass is 268 g/mol. The molecular weight excluding hydrogens is 244 g/mol. The zero-order chi connectivity index (χ0) is 14.3. The van der Waals surface area contributed by atoms with Crippen LogP contribution in [0.4, 0.5) is 11.6 Å². The molecule has 1 rings (SSSR count). The van der Waals surface area contributed by atoms with Gasteiger partial charge in [0.15, 0.2) is 11.6 Å². The van der Waals surface area contributed by atoms with Gasteiger partial charge in [0.1, 0.15) is 6.33 Å². The summed E-state index contributed by atoms with van der Waals surface area (Å²) in [6.45, 7) is 7.11. The molecule has 0 saturated carbocycles. The summed E-state index contributed by atoms with van der Waals surface area (Å²) in [5.41, 5.74) is 0. The number of nitrogens with zero attached hydrogens (tertiary/aromatic N) is 2. The molecule has 1 aromatic heterocycles. The summed E-state index contributed by atoms with van der Waals surface area (Å²) in [6, 6.07) is 0.142. The van der Waals surface area contributed by atoms with Crippen LogP contribution in [0.15, 0.2) is 6.33 Å². The van der Waals surface area contributed by atoms with Crippen LogP contribution in [-0.2, 0) is 0 Å². The number of methoxy groups -OCH3 is 1. The lowest BCUT2D eigenvalue weighted by Crippen LogP contribution is -2.27. The molecule has 0 aliphatic heterocycles. The van der Waals surface area contributed by atoms with Gasteiger partial charge in [0, 0.05) is 19.2 Å². The van der Waals surface area contributed by atoms with Gasteiger partial charge in [-0.2, -0.15) is 0 Å². The van der Waals surface area contributed by atoms with Gasteiger partial charge in [0.2, 0.25) is 5.75 Å². The second-order valence-electron chi connectivity index (χ2n) is 4.64. The minimum Gasteiger partial charge on any atom is -0.490 e. The van der Waals surface area contributed by atoms with E-state index in [2.05, 4.69) is 34.4 Å². The lowest BCUT2D eigenvalue weighted by atomic mass is 10.0. The van der Waals surface area contributed by atoms with E-state index in [1.54, 1.807) is 7.11 Å². The third kappa shape index (κ3) is 4.24. The molecule has 0 spiro atoms. The topological polar surface area (TPSA) is 79.3 Å². The Labute approximate surface area is 114 Å². The van der Waals surface area contributed by atoms with Crippen molar-refractivity contribution in [3.8, 4) is 5.75 Å². The Morgan fingerprint density at radius 1 is 1.32 bits per heavy atom. The summed E-state index contributed by atoms with van der Waals surface area (Å²) < 4.78 is 5.38. The first-order chi connectivity index (χ1) is 9.13. The zero-order valence-corrected chi connectivity index (χ0v) is 12.1. The largest absolute Gasteiger partial charge is 0.490 e. The van der Waals surface area contributed by atoms with Crippen molar-refractivity contribution in [1.82, 2.24) is 9.97 Å². The number of hydrogen-bond acceptors (Lipinski definition) is 6. The Hall–Kier alpha value is -1.56. The minimum atomic E-state index is 0.142. The number of rotatable bonds is 8. The molecular formula is C13H24N4O2. The van der Waals surface area contributed by atoms with Crippen molar-refractivity contribution < 1.29 is 9.84 Å². The predicted molar refractivity (Wildman–Crippen MR) is 76.7 cm³/mol. The van der Waals surface area contributed by atoms with Gasteiger partial charge in [0.05, 0.1) is 7.11 Å². The van der Waals surface area contributed by atoms with E-state index in [0.29, 0.717) is 29.7 Å². The fourth-order valence-electron chi connectivity index (χ4n) is 1.85. The fourth-order valence-corrected chi connectivity index (χ4v) is 1.85. The SMILES string of the molecule is CCNc1ncnc(NC(CCO)C(C)C)c1OC. The van der Waals surface area contributed by atoms with Crippen LogP contribution in [0.3, 0.4) is 0 Å². The number of ether oxygens (including phenoxy) is 1. The molecule has 1 aromatic rings. The van der Waals surface area contributed by atoms with E-state index in [9.17, 15) is 0 Å². The van der Waals surface area contributed by atoms with Crippen LogP contribution in [0.25, 0.3) is 0 Å².